The van der Waals surface area contributed by atoms with Gasteiger partial charge in [0.15, 0.2) is 0 Å². The van der Waals surface area contributed by atoms with Gasteiger partial charge in [-0.2, -0.15) is 0 Å². The number of benzene rings is 1. The van der Waals surface area contributed by atoms with Gasteiger partial charge in [-0.15, -0.1) is 11.3 Å². The maximum atomic E-state index is 10.5. The van der Waals surface area contributed by atoms with Crippen molar-refractivity contribution < 1.29 is 9.84 Å². The lowest BCUT2D eigenvalue weighted by molar-refractivity contribution is -0.0378. The highest BCUT2D eigenvalue weighted by Gasteiger charge is 2.31. The minimum Gasteiger partial charge on any atom is -0.388 e. The molecule has 3 rings (SSSR count). The van der Waals surface area contributed by atoms with Crippen LogP contribution >= 0.6 is 11.3 Å². The van der Waals surface area contributed by atoms with E-state index in [0.717, 1.165) is 31.4 Å². The highest BCUT2D eigenvalue weighted by atomic mass is 32.1. The van der Waals surface area contributed by atoms with Crippen molar-refractivity contribution in [2.75, 3.05) is 6.61 Å². The molecule has 1 atom stereocenters. The first-order valence-corrected chi connectivity index (χ1v) is 7.91. The van der Waals surface area contributed by atoms with Gasteiger partial charge in [0.1, 0.15) is 0 Å². The zero-order chi connectivity index (χ0) is 13.2. The second kappa shape index (κ2) is 5.61. The first kappa shape index (κ1) is 13.1. The van der Waals surface area contributed by atoms with Gasteiger partial charge in [0.05, 0.1) is 12.2 Å². The molecule has 1 heterocycles. The molecule has 0 bridgehead atoms. The van der Waals surface area contributed by atoms with Crippen molar-refractivity contribution in [3.05, 3.63) is 35.2 Å². The van der Waals surface area contributed by atoms with Crippen molar-refractivity contribution in [2.45, 2.75) is 38.4 Å². The first-order valence-electron chi connectivity index (χ1n) is 7.03. The molecule has 1 N–H and O–H groups in total. The molecule has 1 saturated carbocycles. The molecule has 2 nitrogen and oxygen atoms in total. The van der Waals surface area contributed by atoms with Crippen LogP contribution in [0, 0.1) is 5.92 Å². The second-order valence-electron chi connectivity index (χ2n) is 5.35. The number of rotatable bonds is 5. The van der Waals surface area contributed by atoms with Crippen molar-refractivity contribution in [2.24, 2.45) is 5.92 Å². The van der Waals surface area contributed by atoms with Crippen LogP contribution in [0.4, 0.5) is 0 Å². The van der Waals surface area contributed by atoms with Crippen LogP contribution in [-0.2, 0) is 4.74 Å². The topological polar surface area (TPSA) is 29.5 Å². The number of aliphatic hydroxyl groups excluding tert-OH is 1. The van der Waals surface area contributed by atoms with Gasteiger partial charge in [-0.1, -0.05) is 18.2 Å². The molecule has 0 aliphatic heterocycles. The van der Waals surface area contributed by atoms with Crippen LogP contribution in [0.5, 0.6) is 0 Å². The molecule has 1 fully saturated rings. The third-order valence-corrected chi connectivity index (χ3v) is 5.00. The first-order chi connectivity index (χ1) is 9.28. The molecular formula is C16H20O2S. The number of hydrogen-bond donors (Lipinski definition) is 1. The van der Waals surface area contributed by atoms with E-state index in [2.05, 4.69) is 23.6 Å². The van der Waals surface area contributed by atoms with Crippen LogP contribution < -0.4 is 0 Å². The standard InChI is InChI=1S/C16H20O2S/c1-2-18-13-8-11(9-13)10-15(17)14-5-3-4-12-6-7-19-16(12)14/h3-7,11,13,15,17H,2,8-10H2,1H3. The molecule has 102 valence electrons. The molecule has 0 radical (unpaired) electrons. The fourth-order valence-corrected chi connectivity index (χ4v) is 3.92. The predicted octanol–water partition coefficient (Wildman–Crippen LogP) is 4.14. The van der Waals surface area contributed by atoms with Gasteiger partial charge < -0.3 is 9.84 Å². The van der Waals surface area contributed by atoms with Crippen molar-refractivity contribution in [3.8, 4) is 0 Å². The van der Waals surface area contributed by atoms with Crippen LogP contribution in [0.3, 0.4) is 0 Å². The van der Waals surface area contributed by atoms with Crippen LogP contribution in [0.15, 0.2) is 29.6 Å². The smallest absolute Gasteiger partial charge is 0.0806 e. The molecule has 19 heavy (non-hydrogen) atoms. The summed E-state index contributed by atoms with van der Waals surface area (Å²) < 4.78 is 6.81. The summed E-state index contributed by atoms with van der Waals surface area (Å²) in [7, 11) is 0. The minimum atomic E-state index is -0.338. The normalized spacial score (nSPS) is 24.3. The Bertz CT molecular complexity index is 542. The molecule has 1 unspecified atom stereocenters. The van der Waals surface area contributed by atoms with Crippen molar-refractivity contribution >= 4 is 21.4 Å². The van der Waals surface area contributed by atoms with Gasteiger partial charge in [0.25, 0.3) is 0 Å². The van der Waals surface area contributed by atoms with E-state index in [-0.39, 0.29) is 6.10 Å². The molecule has 1 aromatic carbocycles. The van der Waals surface area contributed by atoms with E-state index in [1.54, 1.807) is 11.3 Å². The van der Waals surface area contributed by atoms with Crippen LogP contribution in [0.1, 0.15) is 37.9 Å². The summed E-state index contributed by atoms with van der Waals surface area (Å²) in [6.45, 7) is 2.84. The molecule has 0 saturated heterocycles. The summed E-state index contributed by atoms with van der Waals surface area (Å²) in [6, 6.07) is 8.32. The van der Waals surface area contributed by atoms with Crippen molar-refractivity contribution in [1.29, 1.82) is 0 Å². The van der Waals surface area contributed by atoms with E-state index in [1.807, 2.05) is 13.0 Å². The molecule has 3 heteroatoms. The summed E-state index contributed by atoms with van der Waals surface area (Å²) in [4.78, 5) is 0. The van der Waals surface area contributed by atoms with Crippen molar-refractivity contribution in [1.82, 2.24) is 0 Å². The monoisotopic (exact) mass is 276 g/mol. The largest absolute Gasteiger partial charge is 0.388 e. The van der Waals surface area contributed by atoms with Crippen LogP contribution in [-0.4, -0.2) is 17.8 Å². The van der Waals surface area contributed by atoms with E-state index < -0.39 is 0 Å². The van der Waals surface area contributed by atoms with Gasteiger partial charge in [0, 0.05) is 11.3 Å². The van der Waals surface area contributed by atoms with Gasteiger partial charge in [-0.3, -0.25) is 0 Å². The Hall–Kier alpha value is -0.900. The van der Waals surface area contributed by atoms with E-state index in [9.17, 15) is 5.11 Å². The Kier molecular flexibility index (Phi) is 3.87. The highest BCUT2D eigenvalue weighted by molar-refractivity contribution is 7.17. The predicted molar refractivity (Wildman–Crippen MR) is 79.5 cm³/mol. The Morgan fingerprint density at radius 1 is 1.37 bits per heavy atom. The average Bonchev–Trinajstić information content (AvgIpc) is 2.84. The Morgan fingerprint density at radius 2 is 2.21 bits per heavy atom. The second-order valence-corrected chi connectivity index (χ2v) is 6.27. The average molecular weight is 276 g/mol. The lowest BCUT2D eigenvalue weighted by Crippen LogP contribution is -2.32. The van der Waals surface area contributed by atoms with Crippen molar-refractivity contribution in [3.63, 3.8) is 0 Å². The maximum absolute atomic E-state index is 10.5. The molecular weight excluding hydrogens is 256 g/mol. The fraction of sp³-hybridized carbons (Fsp3) is 0.500. The van der Waals surface area contributed by atoms with Gasteiger partial charge >= 0.3 is 0 Å². The number of thiophene rings is 1. The number of ether oxygens (including phenoxy) is 1. The van der Waals surface area contributed by atoms with Crippen LogP contribution in [0.2, 0.25) is 0 Å². The SMILES string of the molecule is CCOC1CC(CC(O)c2cccc3ccsc23)C1. The Balaban J connectivity index is 1.65. The Labute approximate surface area is 118 Å². The summed E-state index contributed by atoms with van der Waals surface area (Å²) in [5.74, 6) is 0.613. The molecule has 0 amide bonds. The lowest BCUT2D eigenvalue weighted by Gasteiger charge is -2.36. The van der Waals surface area contributed by atoms with E-state index >= 15 is 0 Å². The maximum Gasteiger partial charge on any atom is 0.0806 e. The molecule has 1 aliphatic rings. The molecule has 0 spiro atoms. The van der Waals surface area contributed by atoms with Gasteiger partial charge in [-0.25, -0.2) is 0 Å². The third kappa shape index (κ3) is 2.69. The van der Waals surface area contributed by atoms with Crippen LogP contribution in [0.25, 0.3) is 10.1 Å². The van der Waals surface area contributed by atoms with Gasteiger partial charge in [0.2, 0.25) is 0 Å². The molecule has 1 aromatic heterocycles. The number of hydrogen-bond acceptors (Lipinski definition) is 3. The Morgan fingerprint density at radius 3 is 3.00 bits per heavy atom. The zero-order valence-electron chi connectivity index (χ0n) is 11.2. The lowest BCUT2D eigenvalue weighted by atomic mass is 9.78. The summed E-state index contributed by atoms with van der Waals surface area (Å²) in [5, 5.41) is 13.8. The summed E-state index contributed by atoms with van der Waals surface area (Å²) in [5.41, 5.74) is 1.09. The molecule has 1 aliphatic carbocycles. The number of fused-ring (bicyclic) bond motifs is 1. The van der Waals surface area contributed by atoms with Gasteiger partial charge in [-0.05, 0) is 54.5 Å². The summed E-state index contributed by atoms with van der Waals surface area (Å²) >= 11 is 1.72. The summed E-state index contributed by atoms with van der Waals surface area (Å²) in [6.07, 6.45) is 3.16. The van der Waals surface area contributed by atoms with E-state index in [0.29, 0.717) is 12.0 Å². The van der Waals surface area contributed by atoms with E-state index in [4.69, 9.17) is 4.74 Å². The number of aliphatic hydroxyl groups is 1. The quantitative estimate of drug-likeness (QED) is 0.889. The minimum absolute atomic E-state index is 0.338. The third-order valence-electron chi connectivity index (χ3n) is 4.02. The fourth-order valence-electron chi connectivity index (χ4n) is 2.96. The molecule has 2 aromatic rings. The highest BCUT2D eigenvalue weighted by Crippen LogP contribution is 2.39. The van der Waals surface area contributed by atoms with E-state index in [1.165, 1.54) is 10.1 Å². The zero-order valence-corrected chi connectivity index (χ0v) is 12.0.